The van der Waals surface area contributed by atoms with Crippen molar-refractivity contribution >= 4 is 28.5 Å². The van der Waals surface area contributed by atoms with Crippen molar-refractivity contribution < 1.29 is 14.3 Å². The lowest BCUT2D eigenvalue weighted by atomic mass is 10.1. The number of hydrogen-bond acceptors (Lipinski definition) is 3. The number of urea groups is 1. The Kier molecular flexibility index (Phi) is 5.74. The molecule has 0 aliphatic heterocycles. The fraction of sp³-hybridized carbons (Fsp3) is 0.222. The Bertz CT molecular complexity index is 720. The van der Waals surface area contributed by atoms with Gasteiger partial charge in [-0.15, -0.1) is 0 Å². The molecule has 2 N–H and O–H groups in total. The number of amides is 2. The molecule has 0 saturated carbocycles. The molecule has 0 saturated heterocycles. The van der Waals surface area contributed by atoms with Crippen molar-refractivity contribution in [2.75, 3.05) is 18.5 Å². The molecule has 0 spiro atoms. The molecule has 2 aromatic rings. The van der Waals surface area contributed by atoms with Gasteiger partial charge in [0.05, 0.1) is 12.3 Å². The van der Waals surface area contributed by atoms with Crippen LogP contribution in [0.4, 0.5) is 10.5 Å². The van der Waals surface area contributed by atoms with Crippen LogP contribution in [0.3, 0.4) is 0 Å². The Hall–Kier alpha value is -2.82. The Morgan fingerprint density at radius 2 is 1.87 bits per heavy atom. The first-order chi connectivity index (χ1) is 11.1. The molecule has 0 aromatic heterocycles. The van der Waals surface area contributed by atoms with Crippen LogP contribution in [0.2, 0.25) is 0 Å². The van der Waals surface area contributed by atoms with Gasteiger partial charge in [-0.3, -0.25) is 0 Å². The molecule has 120 valence electrons. The van der Waals surface area contributed by atoms with Crippen LogP contribution in [0.1, 0.15) is 13.3 Å². The summed E-state index contributed by atoms with van der Waals surface area (Å²) in [7, 11) is 0. The van der Waals surface area contributed by atoms with E-state index in [0.717, 1.165) is 16.5 Å². The van der Waals surface area contributed by atoms with Crippen LogP contribution >= 0.6 is 0 Å². The molecule has 0 aliphatic rings. The van der Waals surface area contributed by atoms with Gasteiger partial charge in [-0.2, -0.15) is 0 Å². The zero-order valence-electron chi connectivity index (χ0n) is 13.1. The van der Waals surface area contributed by atoms with Crippen molar-refractivity contribution in [1.29, 1.82) is 0 Å². The minimum absolute atomic E-state index is 0.250. The van der Waals surface area contributed by atoms with Crippen LogP contribution in [-0.2, 0) is 9.53 Å². The maximum Gasteiger partial charge on any atom is 0.333 e. The number of benzene rings is 2. The SMILES string of the molecule is C=C(C)C(=O)OCCCNC(=O)Nc1cccc2ccccc12. The second-order valence-corrected chi connectivity index (χ2v) is 5.18. The van der Waals surface area contributed by atoms with Crippen molar-refractivity contribution in [3.8, 4) is 0 Å². The van der Waals surface area contributed by atoms with Crippen molar-refractivity contribution in [2.45, 2.75) is 13.3 Å². The molecule has 0 atom stereocenters. The molecule has 5 nitrogen and oxygen atoms in total. The molecule has 0 radical (unpaired) electrons. The standard InChI is InChI=1S/C18H20N2O3/c1-13(2)17(21)23-12-6-11-19-18(22)20-16-10-5-8-14-7-3-4-9-15(14)16/h3-5,7-10H,1,6,11-12H2,2H3,(H2,19,20,22). The number of nitrogens with one attached hydrogen (secondary N) is 2. The highest BCUT2D eigenvalue weighted by Gasteiger charge is 2.05. The Balaban J connectivity index is 1.78. The van der Waals surface area contributed by atoms with Crippen LogP contribution < -0.4 is 10.6 Å². The van der Waals surface area contributed by atoms with E-state index in [1.165, 1.54) is 0 Å². The van der Waals surface area contributed by atoms with E-state index in [1.54, 1.807) is 6.92 Å². The molecule has 2 rings (SSSR count). The fourth-order valence-electron chi connectivity index (χ4n) is 2.06. The van der Waals surface area contributed by atoms with Gasteiger partial charge >= 0.3 is 12.0 Å². The Morgan fingerprint density at radius 1 is 1.13 bits per heavy atom. The predicted molar refractivity (Wildman–Crippen MR) is 91.4 cm³/mol. The lowest BCUT2D eigenvalue weighted by Gasteiger charge is -2.10. The van der Waals surface area contributed by atoms with Gasteiger partial charge in [-0.25, -0.2) is 9.59 Å². The number of ether oxygens (including phenoxy) is 1. The topological polar surface area (TPSA) is 67.4 Å². The van der Waals surface area contributed by atoms with Crippen molar-refractivity contribution in [3.63, 3.8) is 0 Å². The highest BCUT2D eigenvalue weighted by Crippen LogP contribution is 2.22. The number of esters is 1. The second-order valence-electron chi connectivity index (χ2n) is 5.18. The molecule has 5 heteroatoms. The van der Waals surface area contributed by atoms with Crippen molar-refractivity contribution in [2.24, 2.45) is 0 Å². The molecular formula is C18H20N2O3. The Labute approximate surface area is 135 Å². The van der Waals surface area contributed by atoms with Crippen molar-refractivity contribution in [1.82, 2.24) is 5.32 Å². The van der Waals surface area contributed by atoms with E-state index >= 15 is 0 Å². The number of anilines is 1. The third-order valence-electron chi connectivity index (χ3n) is 3.23. The molecule has 0 fully saturated rings. The molecular weight excluding hydrogens is 292 g/mol. The molecule has 0 heterocycles. The van der Waals surface area contributed by atoms with E-state index in [2.05, 4.69) is 17.2 Å². The second kappa shape index (κ2) is 7.98. The number of fused-ring (bicyclic) bond motifs is 1. The summed E-state index contributed by atoms with van der Waals surface area (Å²) in [6.07, 6.45) is 0.544. The first kappa shape index (κ1) is 16.5. The molecule has 2 amide bonds. The molecule has 23 heavy (non-hydrogen) atoms. The summed E-state index contributed by atoms with van der Waals surface area (Å²) in [4.78, 5) is 23.1. The minimum atomic E-state index is -0.412. The minimum Gasteiger partial charge on any atom is -0.462 e. The number of rotatable bonds is 6. The van der Waals surface area contributed by atoms with E-state index in [-0.39, 0.29) is 12.6 Å². The van der Waals surface area contributed by atoms with E-state index in [1.807, 2.05) is 42.5 Å². The molecule has 0 aliphatic carbocycles. The average Bonchev–Trinajstić information content (AvgIpc) is 2.54. The monoisotopic (exact) mass is 312 g/mol. The summed E-state index contributed by atoms with van der Waals surface area (Å²) in [5.74, 6) is -0.412. The van der Waals surface area contributed by atoms with Gasteiger partial charge in [0.25, 0.3) is 0 Å². The van der Waals surface area contributed by atoms with Crippen molar-refractivity contribution in [3.05, 3.63) is 54.6 Å². The molecule has 2 aromatic carbocycles. The Morgan fingerprint density at radius 3 is 2.65 bits per heavy atom. The molecule has 0 unspecified atom stereocenters. The summed E-state index contributed by atoms with van der Waals surface area (Å²) in [6, 6.07) is 13.3. The van der Waals surface area contributed by atoms with Crippen LogP contribution in [0.15, 0.2) is 54.6 Å². The van der Waals surface area contributed by atoms with E-state index in [4.69, 9.17) is 4.74 Å². The van der Waals surface area contributed by atoms with Gasteiger partial charge in [-0.1, -0.05) is 43.0 Å². The quantitative estimate of drug-likeness (QED) is 0.487. The van der Waals surface area contributed by atoms with Gasteiger partial charge < -0.3 is 15.4 Å². The summed E-state index contributed by atoms with van der Waals surface area (Å²) in [5.41, 5.74) is 1.13. The smallest absolute Gasteiger partial charge is 0.333 e. The van der Waals surface area contributed by atoms with Gasteiger partial charge in [-0.05, 0) is 24.8 Å². The van der Waals surface area contributed by atoms with Crippen LogP contribution in [-0.4, -0.2) is 25.2 Å². The number of hydrogen-bond donors (Lipinski definition) is 2. The van der Waals surface area contributed by atoms with Gasteiger partial charge in [0.15, 0.2) is 0 Å². The first-order valence-corrected chi connectivity index (χ1v) is 7.43. The zero-order chi connectivity index (χ0) is 16.7. The maximum atomic E-state index is 11.9. The van der Waals surface area contributed by atoms with Gasteiger partial charge in [0.1, 0.15) is 0 Å². The summed E-state index contributed by atoms with van der Waals surface area (Å²) >= 11 is 0. The summed E-state index contributed by atoms with van der Waals surface area (Å²) in [6.45, 7) is 5.76. The highest BCUT2D eigenvalue weighted by atomic mass is 16.5. The van der Waals surface area contributed by atoms with Crippen LogP contribution in [0, 0.1) is 0 Å². The number of carbonyl (C=O) groups is 2. The highest BCUT2D eigenvalue weighted by molar-refractivity contribution is 6.01. The lowest BCUT2D eigenvalue weighted by Crippen LogP contribution is -2.30. The van der Waals surface area contributed by atoms with Gasteiger partial charge in [0, 0.05) is 17.5 Å². The normalized spacial score (nSPS) is 10.1. The van der Waals surface area contributed by atoms with E-state index in [0.29, 0.717) is 18.5 Å². The number of carbonyl (C=O) groups excluding carboxylic acids is 2. The summed E-state index contributed by atoms with van der Waals surface area (Å²) < 4.78 is 4.95. The lowest BCUT2D eigenvalue weighted by molar-refractivity contribution is -0.138. The van der Waals surface area contributed by atoms with Crippen LogP contribution in [0.25, 0.3) is 10.8 Å². The van der Waals surface area contributed by atoms with Crippen LogP contribution in [0.5, 0.6) is 0 Å². The average molecular weight is 312 g/mol. The van der Waals surface area contributed by atoms with Gasteiger partial charge in [0.2, 0.25) is 0 Å². The largest absolute Gasteiger partial charge is 0.462 e. The molecule has 0 bridgehead atoms. The summed E-state index contributed by atoms with van der Waals surface area (Å²) in [5, 5.41) is 7.62. The predicted octanol–water partition coefficient (Wildman–Crippen LogP) is 3.47. The van der Waals surface area contributed by atoms with E-state index < -0.39 is 5.97 Å². The maximum absolute atomic E-state index is 11.9. The van der Waals surface area contributed by atoms with E-state index in [9.17, 15) is 9.59 Å². The fourth-order valence-corrected chi connectivity index (χ4v) is 2.06. The zero-order valence-corrected chi connectivity index (χ0v) is 13.1. The third-order valence-corrected chi connectivity index (χ3v) is 3.23. The third kappa shape index (κ3) is 4.85. The first-order valence-electron chi connectivity index (χ1n) is 7.43.